The summed E-state index contributed by atoms with van der Waals surface area (Å²) in [7, 11) is 0. The fourth-order valence-corrected chi connectivity index (χ4v) is 1.53. The minimum absolute atomic E-state index is 0.432. The lowest BCUT2D eigenvalue weighted by Crippen LogP contribution is -2.01. The van der Waals surface area contributed by atoms with Gasteiger partial charge in [0.25, 0.3) is 0 Å². The zero-order valence-corrected chi connectivity index (χ0v) is 15.2. The van der Waals surface area contributed by atoms with E-state index in [1.165, 1.54) is 12.8 Å². The van der Waals surface area contributed by atoms with Crippen molar-refractivity contribution >= 4 is 11.9 Å². The topological polar surface area (TPSA) is 100 Å². The summed E-state index contributed by atoms with van der Waals surface area (Å²) in [5.74, 6) is -0.870. The predicted molar refractivity (Wildman–Crippen MR) is 95.1 cm³/mol. The van der Waals surface area contributed by atoms with Gasteiger partial charge in [-0.1, -0.05) is 46.0 Å². The number of nitrogens with zero attached hydrogens (tertiary/aromatic N) is 2. The zero-order chi connectivity index (χ0) is 19.2. The summed E-state index contributed by atoms with van der Waals surface area (Å²) < 4.78 is 9.58. The summed E-state index contributed by atoms with van der Waals surface area (Å²) in [5, 5.41) is 16.2. The van der Waals surface area contributed by atoms with Crippen LogP contribution < -0.4 is 0 Å². The molecule has 0 saturated heterocycles. The number of carbonyl (C=O) groups excluding carboxylic acids is 2. The number of nitriles is 2. The van der Waals surface area contributed by atoms with Crippen molar-refractivity contribution in [2.75, 3.05) is 13.2 Å². The van der Waals surface area contributed by atoms with E-state index in [9.17, 15) is 9.59 Å². The van der Waals surface area contributed by atoms with E-state index in [1.807, 2.05) is 0 Å². The molecule has 0 unspecified atom stereocenters. The molecule has 0 saturated carbocycles. The molecule has 0 radical (unpaired) electrons. The van der Waals surface area contributed by atoms with E-state index >= 15 is 0 Å². The van der Waals surface area contributed by atoms with Crippen molar-refractivity contribution in [1.29, 1.82) is 10.5 Å². The molecule has 0 aromatic heterocycles. The van der Waals surface area contributed by atoms with Crippen LogP contribution in [-0.2, 0) is 19.1 Å². The van der Waals surface area contributed by atoms with Crippen molar-refractivity contribution in [3.63, 3.8) is 0 Å². The van der Waals surface area contributed by atoms with Crippen LogP contribution in [0.2, 0.25) is 0 Å². The molecule has 0 bridgehead atoms. The molecule has 0 aliphatic carbocycles. The summed E-state index contributed by atoms with van der Waals surface area (Å²) >= 11 is 0. The van der Waals surface area contributed by atoms with Crippen molar-refractivity contribution < 1.29 is 19.1 Å². The van der Waals surface area contributed by atoms with Gasteiger partial charge in [-0.05, 0) is 12.8 Å². The highest BCUT2D eigenvalue weighted by molar-refractivity contribution is 5.82. The Morgan fingerprint density at radius 2 is 1.16 bits per heavy atom. The first kappa shape index (κ1) is 24.6. The van der Waals surface area contributed by atoms with Gasteiger partial charge in [-0.15, -0.1) is 0 Å². The fraction of sp³-hybridized carbons (Fsp3) is 0.579. The van der Waals surface area contributed by atoms with Crippen molar-refractivity contribution in [2.24, 2.45) is 0 Å². The molecule has 0 rings (SSSR count). The van der Waals surface area contributed by atoms with Gasteiger partial charge in [0.15, 0.2) is 0 Å². The Kier molecular flexibility index (Phi) is 21.1. The van der Waals surface area contributed by atoms with Crippen LogP contribution in [0.15, 0.2) is 24.3 Å². The van der Waals surface area contributed by atoms with Gasteiger partial charge in [-0.25, -0.2) is 9.59 Å². The Morgan fingerprint density at radius 3 is 1.56 bits per heavy atom. The Balaban J connectivity index is 0. The zero-order valence-electron chi connectivity index (χ0n) is 15.2. The molecule has 0 fully saturated rings. The Bertz CT molecular complexity index is 485. The Labute approximate surface area is 150 Å². The van der Waals surface area contributed by atoms with E-state index in [4.69, 9.17) is 20.0 Å². The summed E-state index contributed by atoms with van der Waals surface area (Å²) in [6.07, 6.45) is 11.9. The first-order valence-electron chi connectivity index (χ1n) is 8.58. The maximum atomic E-state index is 10.8. The van der Waals surface area contributed by atoms with Crippen LogP contribution in [0.3, 0.4) is 0 Å². The average molecular weight is 348 g/mol. The van der Waals surface area contributed by atoms with E-state index in [-0.39, 0.29) is 0 Å². The van der Waals surface area contributed by atoms with Crippen molar-refractivity contribution in [1.82, 2.24) is 0 Å². The highest BCUT2D eigenvalue weighted by atomic mass is 16.5. The van der Waals surface area contributed by atoms with Crippen LogP contribution in [0.5, 0.6) is 0 Å². The van der Waals surface area contributed by atoms with Crippen LogP contribution >= 0.6 is 0 Å². The lowest BCUT2D eigenvalue weighted by atomic mass is 10.2. The largest absolute Gasteiger partial charge is 0.463 e. The number of ether oxygens (including phenoxy) is 2. The van der Waals surface area contributed by atoms with E-state index in [1.54, 1.807) is 12.1 Å². The van der Waals surface area contributed by atoms with Gasteiger partial charge >= 0.3 is 11.9 Å². The number of hydrogen-bond acceptors (Lipinski definition) is 6. The normalized spacial score (nSPS) is 9.76. The third-order valence-electron chi connectivity index (χ3n) is 2.82. The molecular weight excluding hydrogens is 320 g/mol. The highest BCUT2D eigenvalue weighted by Gasteiger charge is 1.95. The van der Waals surface area contributed by atoms with E-state index in [0.29, 0.717) is 13.2 Å². The second kappa shape index (κ2) is 21.4. The Hall–Kier alpha value is -2.60. The number of carbonyl (C=O) groups is 2. The van der Waals surface area contributed by atoms with Crippen LogP contribution in [0, 0.1) is 22.7 Å². The smallest absolute Gasteiger partial charge is 0.331 e. The Morgan fingerprint density at radius 1 is 0.760 bits per heavy atom. The lowest BCUT2D eigenvalue weighted by Gasteiger charge is -2.00. The van der Waals surface area contributed by atoms with Crippen LogP contribution in [0.4, 0.5) is 0 Å². The minimum Gasteiger partial charge on any atom is -0.463 e. The standard InChI is InChI=1S/C10H15NO2.C9H13NO2/c1-2-3-4-5-9-13-10(12)7-6-8-11;1-2-3-4-8-12-9(11)6-5-7-10/h6-7H,2-5,9H2,1H3;5-6H,2-4,8H2,1H3. The number of allylic oxidation sites excluding steroid dienone is 2. The highest BCUT2D eigenvalue weighted by Crippen LogP contribution is 1.99. The first-order valence-corrected chi connectivity index (χ1v) is 8.58. The fourth-order valence-electron chi connectivity index (χ4n) is 1.53. The summed E-state index contributed by atoms with van der Waals surface area (Å²) in [5.41, 5.74) is 0. The molecule has 0 aromatic rings. The second-order valence-corrected chi connectivity index (χ2v) is 5.03. The van der Waals surface area contributed by atoms with Gasteiger partial charge in [-0.2, -0.15) is 10.5 Å². The molecule has 0 atom stereocenters. The maximum Gasteiger partial charge on any atom is 0.331 e. The van der Waals surface area contributed by atoms with Gasteiger partial charge in [0.05, 0.1) is 25.4 Å². The summed E-state index contributed by atoms with van der Waals surface area (Å²) in [6.45, 7) is 5.11. The van der Waals surface area contributed by atoms with Crippen molar-refractivity contribution in [3.05, 3.63) is 24.3 Å². The van der Waals surface area contributed by atoms with Gasteiger partial charge < -0.3 is 9.47 Å². The minimum atomic E-state index is -0.437. The third kappa shape index (κ3) is 23.8. The SMILES string of the molecule is CCCCCCOC(=O)C=CC#N.CCCCCOC(=O)C=CC#N. The number of hydrogen-bond donors (Lipinski definition) is 0. The molecule has 6 nitrogen and oxygen atoms in total. The molecule has 0 N–H and O–H groups in total. The van der Waals surface area contributed by atoms with Crippen LogP contribution in [0.1, 0.15) is 58.8 Å². The van der Waals surface area contributed by atoms with Crippen LogP contribution in [0.25, 0.3) is 0 Å². The van der Waals surface area contributed by atoms with Gasteiger partial charge in [0.1, 0.15) is 0 Å². The van der Waals surface area contributed by atoms with Crippen molar-refractivity contribution in [3.8, 4) is 12.1 Å². The molecular formula is C19H28N2O4. The predicted octanol–water partition coefficient (Wildman–Crippen LogP) is 3.99. The average Bonchev–Trinajstić information content (AvgIpc) is 2.62. The molecule has 0 aliphatic rings. The summed E-state index contributed by atoms with van der Waals surface area (Å²) in [6, 6.07) is 3.45. The molecule has 25 heavy (non-hydrogen) atoms. The third-order valence-corrected chi connectivity index (χ3v) is 2.82. The lowest BCUT2D eigenvalue weighted by molar-refractivity contribution is -0.138. The molecule has 6 heteroatoms. The summed E-state index contributed by atoms with van der Waals surface area (Å²) in [4.78, 5) is 21.5. The second-order valence-electron chi connectivity index (χ2n) is 5.03. The van der Waals surface area contributed by atoms with Gasteiger partial charge in [0, 0.05) is 24.3 Å². The quantitative estimate of drug-likeness (QED) is 0.242. The molecule has 0 spiro atoms. The monoisotopic (exact) mass is 348 g/mol. The van der Waals surface area contributed by atoms with Gasteiger partial charge in [0.2, 0.25) is 0 Å². The molecule has 0 amide bonds. The molecule has 0 aromatic carbocycles. The van der Waals surface area contributed by atoms with Crippen molar-refractivity contribution in [2.45, 2.75) is 58.8 Å². The number of esters is 2. The van der Waals surface area contributed by atoms with E-state index in [2.05, 4.69) is 13.8 Å². The molecule has 0 aliphatic heterocycles. The molecule has 0 heterocycles. The van der Waals surface area contributed by atoms with Crippen LogP contribution in [-0.4, -0.2) is 25.2 Å². The number of unbranched alkanes of at least 4 members (excludes halogenated alkanes) is 5. The van der Waals surface area contributed by atoms with E-state index < -0.39 is 11.9 Å². The number of rotatable bonds is 11. The molecule has 138 valence electrons. The first-order chi connectivity index (χ1) is 12.1. The van der Waals surface area contributed by atoms with Gasteiger partial charge in [-0.3, -0.25) is 0 Å². The van der Waals surface area contributed by atoms with E-state index in [0.717, 1.165) is 56.4 Å². The maximum absolute atomic E-state index is 10.8.